The molecular weight excluding hydrogens is 226 g/mol. The molecule has 0 radical (unpaired) electrons. The number of hydrogen-bond acceptors (Lipinski definition) is 4. The Morgan fingerprint density at radius 1 is 1.50 bits per heavy atom. The quantitative estimate of drug-likeness (QED) is 0.840. The predicted octanol–water partition coefficient (Wildman–Crippen LogP) is 0.979. The number of fused-ring (bicyclic) bond motifs is 1. The minimum absolute atomic E-state index is 0.121. The van der Waals surface area contributed by atoms with Crippen molar-refractivity contribution in [3.63, 3.8) is 0 Å². The number of aromatic amines is 1. The van der Waals surface area contributed by atoms with Gasteiger partial charge < -0.3 is 4.98 Å². The Morgan fingerprint density at radius 3 is 2.88 bits per heavy atom. The van der Waals surface area contributed by atoms with Gasteiger partial charge >= 0.3 is 0 Å². The zero-order chi connectivity index (χ0) is 11.8. The van der Waals surface area contributed by atoms with Gasteiger partial charge in [0.15, 0.2) is 9.84 Å². The summed E-state index contributed by atoms with van der Waals surface area (Å²) in [5.41, 5.74) is 1.86. The van der Waals surface area contributed by atoms with Crippen molar-refractivity contribution in [2.75, 3.05) is 6.26 Å². The van der Waals surface area contributed by atoms with Crippen molar-refractivity contribution >= 4 is 20.9 Å². The van der Waals surface area contributed by atoms with Crippen LogP contribution in [-0.4, -0.2) is 24.6 Å². The first-order valence-corrected chi connectivity index (χ1v) is 6.60. The SMILES string of the molecule is CS(=O)(=O)Cc1nc2ccc(C#N)cc2[nH]1. The zero-order valence-electron chi connectivity index (χ0n) is 8.56. The number of rotatable bonds is 2. The molecule has 0 saturated carbocycles. The van der Waals surface area contributed by atoms with E-state index in [1.165, 1.54) is 0 Å². The van der Waals surface area contributed by atoms with Gasteiger partial charge in [-0.1, -0.05) is 0 Å². The summed E-state index contributed by atoms with van der Waals surface area (Å²) in [6.45, 7) is 0. The fourth-order valence-corrected chi connectivity index (χ4v) is 2.08. The van der Waals surface area contributed by atoms with Gasteiger partial charge in [-0.15, -0.1) is 0 Å². The highest BCUT2D eigenvalue weighted by Gasteiger charge is 2.09. The molecule has 2 aromatic rings. The summed E-state index contributed by atoms with van der Waals surface area (Å²) in [5, 5.41) is 8.71. The average molecular weight is 235 g/mol. The van der Waals surface area contributed by atoms with Crippen molar-refractivity contribution in [2.45, 2.75) is 5.75 Å². The second kappa shape index (κ2) is 3.61. The Balaban J connectivity index is 2.49. The van der Waals surface area contributed by atoms with Crippen LogP contribution < -0.4 is 0 Å². The van der Waals surface area contributed by atoms with Gasteiger partial charge in [-0.3, -0.25) is 0 Å². The molecule has 1 aromatic heterocycles. The Labute approximate surface area is 92.7 Å². The molecule has 0 amide bonds. The van der Waals surface area contributed by atoms with Crippen LogP contribution in [-0.2, 0) is 15.6 Å². The Morgan fingerprint density at radius 2 is 2.25 bits per heavy atom. The van der Waals surface area contributed by atoms with Gasteiger partial charge in [0.25, 0.3) is 0 Å². The third-order valence-electron chi connectivity index (χ3n) is 2.06. The normalized spacial score (nSPS) is 11.5. The topological polar surface area (TPSA) is 86.6 Å². The smallest absolute Gasteiger partial charge is 0.154 e. The number of nitriles is 1. The van der Waals surface area contributed by atoms with Crippen LogP contribution in [0.3, 0.4) is 0 Å². The first-order valence-electron chi connectivity index (χ1n) is 4.54. The van der Waals surface area contributed by atoms with Crippen LogP contribution in [0.25, 0.3) is 11.0 Å². The van der Waals surface area contributed by atoms with E-state index < -0.39 is 9.84 Å². The lowest BCUT2D eigenvalue weighted by Gasteiger charge is -1.91. The maximum Gasteiger partial charge on any atom is 0.154 e. The summed E-state index contributed by atoms with van der Waals surface area (Å²) in [4.78, 5) is 7.01. The monoisotopic (exact) mass is 235 g/mol. The van der Waals surface area contributed by atoms with Gasteiger partial charge in [0.2, 0.25) is 0 Å². The molecule has 5 nitrogen and oxygen atoms in total. The van der Waals surface area contributed by atoms with E-state index >= 15 is 0 Å². The van der Waals surface area contributed by atoms with Crippen LogP contribution in [0.4, 0.5) is 0 Å². The maximum atomic E-state index is 11.1. The number of imidazole rings is 1. The molecule has 0 saturated heterocycles. The molecule has 16 heavy (non-hydrogen) atoms. The number of hydrogen-bond donors (Lipinski definition) is 1. The molecule has 0 aliphatic heterocycles. The number of H-pyrrole nitrogens is 1. The Hall–Kier alpha value is -1.87. The first kappa shape index (κ1) is 10.6. The summed E-state index contributed by atoms with van der Waals surface area (Å²) in [5.74, 6) is 0.274. The van der Waals surface area contributed by atoms with E-state index in [4.69, 9.17) is 5.26 Å². The molecule has 82 valence electrons. The number of sulfone groups is 1. The van der Waals surface area contributed by atoms with Gasteiger partial charge in [0, 0.05) is 6.26 Å². The summed E-state index contributed by atoms with van der Waals surface area (Å²) in [6, 6.07) is 6.99. The lowest BCUT2D eigenvalue weighted by atomic mass is 10.2. The molecule has 0 atom stereocenters. The number of aromatic nitrogens is 2. The Bertz CT molecular complexity index is 680. The Kier molecular flexibility index (Phi) is 2.40. The lowest BCUT2D eigenvalue weighted by Crippen LogP contribution is -2.01. The van der Waals surface area contributed by atoms with Crippen molar-refractivity contribution < 1.29 is 8.42 Å². The third kappa shape index (κ3) is 2.20. The van der Waals surface area contributed by atoms with Gasteiger partial charge in [-0.05, 0) is 18.2 Å². The van der Waals surface area contributed by atoms with Crippen LogP contribution in [0.5, 0.6) is 0 Å². The van der Waals surface area contributed by atoms with Crippen LogP contribution in [0.15, 0.2) is 18.2 Å². The summed E-state index contributed by atoms with van der Waals surface area (Å²) >= 11 is 0. The minimum atomic E-state index is -3.10. The average Bonchev–Trinajstić information content (AvgIpc) is 2.55. The fourth-order valence-electron chi connectivity index (χ4n) is 1.45. The van der Waals surface area contributed by atoms with Crippen molar-refractivity contribution in [3.05, 3.63) is 29.6 Å². The fraction of sp³-hybridized carbons (Fsp3) is 0.200. The minimum Gasteiger partial charge on any atom is -0.341 e. The van der Waals surface area contributed by atoms with E-state index in [9.17, 15) is 8.42 Å². The van der Waals surface area contributed by atoms with Gasteiger partial charge in [0.1, 0.15) is 11.6 Å². The van der Waals surface area contributed by atoms with E-state index in [1.54, 1.807) is 18.2 Å². The van der Waals surface area contributed by atoms with E-state index in [0.717, 1.165) is 6.26 Å². The summed E-state index contributed by atoms with van der Waals surface area (Å²) in [7, 11) is -3.10. The van der Waals surface area contributed by atoms with Crippen molar-refractivity contribution in [2.24, 2.45) is 0 Å². The van der Waals surface area contributed by atoms with E-state index in [-0.39, 0.29) is 5.75 Å². The zero-order valence-corrected chi connectivity index (χ0v) is 9.37. The third-order valence-corrected chi connectivity index (χ3v) is 2.86. The molecule has 0 bridgehead atoms. The molecule has 1 N–H and O–H groups in total. The van der Waals surface area contributed by atoms with Gasteiger partial charge in [-0.25, -0.2) is 13.4 Å². The highest BCUT2D eigenvalue weighted by Crippen LogP contribution is 2.14. The molecule has 2 rings (SSSR count). The van der Waals surface area contributed by atoms with Crippen LogP contribution in [0.1, 0.15) is 11.4 Å². The molecule has 0 spiro atoms. The maximum absolute atomic E-state index is 11.1. The molecule has 0 aliphatic rings. The van der Waals surface area contributed by atoms with Crippen molar-refractivity contribution in [1.82, 2.24) is 9.97 Å². The highest BCUT2D eigenvalue weighted by atomic mass is 32.2. The highest BCUT2D eigenvalue weighted by molar-refractivity contribution is 7.89. The van der Waals surface area contributed by atoms with Crippen molar-refractivity contribution in [3.8, 4) is 6.07 Å². The predicted molar refractivity (Wildman–Crippen MR) is 59.4 cm³/mol. The molecule has 0 fully saturated rings. The van der Waals surface area contributed by atoms with E-state index in [0.29, 0.717) is 22.4 Å². The molecule has 1 aromatic carbocycles. The first-order chi connectivity index (χ1) is 7.48. The number of nitrogens with one attached hydrogen (secondary N) is 1. The van der Waals surface area contributed by atoms with Crippen LogP contribution >= 0.6 is 0 Å². The standard InChI is InChI=1S/C10H9N3O2S/c1-16(14,15)6-10-12-8-3-2-7(5-11)4-9(8)13-10/h2-4H,6H2,1H3,(H,12,13). The van der Waals surface area contributed by atoms with Crippen LogP contribution in [0, 0.1) is 11.3 Å². The summed E-state index contributed by atoms with van der Waals surface area (Å²) in [6.07, 6.45) is 1.15. The van der Waals surface area contributed by atoms with Crippen molar-refractivity contribution in [1.29, 1.82) is 5.26 Å². The molecule has 0 unspecified atom stereocenters. The molecule has 1 heterocycles. The van der Waals surface area contributed by atoms with E-state index in [1.807, 2.05) is 6.07 Å². The second-order valence-corrected chi connectivity index (χ2v) is 5.74. The molecule has 0 aliphatic carbocycles. The molecular formula is C10H9N3O2S. The van der Waals surface area contributed by atoms with E-state index in [2.05, 4.69) is 9.97 Å². The van der Waals surface area contributed by atoms with Gasteiger partial charge in [-0.2, -0.15) is 5.26 Å². The number of nitrogens with zero attached hydrogens (tertiary/aromatic N) is 2. The lowest BCUT2D eigenvalue weighted by molar-refractivity contribution is 0.600. The van der Waals surface area contributed by atoms with Crippen LogP contribution in [0.2, 0.25) is 0 Å². The van der Waals surface area contributed by atoms with Gasteiger partial charge in [0.05, 0.1) is 22.7 Å². The largest absolute Gasteiger partial charge is 0.341 e. The number of benzene rings is 1. The second-order valence-electron chi connectivity index (χ2n) is 3.60. The summed E-state index contributed by atoms with van der Waals surface area (Å²) < 4.78 is 22.2. The molecule has 6 heteroatoms.